The zero-order valence-electron chi connectivity index (χ0n) is 10.2. The van der Waals surface area contributed by atoms with Gasteiger partial charge in [-0.1, -0.05) is 19.3 Å². The summed E-state index contributed by atoms with van der Waals surface area (Å²) >= 11 is 0. The second kappa shape index (κ2) is 4.37. The Morgan fingerprint density at radius 3 is 2.12 bits per heavy atom. The van der Waals surface area contributed by atoms with Crippen molar-refractivity contribution in [1.82, 2.24) is 9.97 Å². The predicted molar refractivity (Wildman–Crippen MR) is 65.2 cm³/mol. The molecule has 3 heteroatoms. The summed E-state index contributed by atoms with van der Waals surface area (Å²) in [4.78, 5) is 8.17. The first-order valence-corrected chi connectivity index (χ1v) is 6.79. The molecule has 0 radical (unpaired) electrons. The quantitative estimate of drug-likeness (QED) is 0.871. The number of hydrogen-bond acceptors (Lipinski definition) is 3. The number of aliphatic hydroxyl groups is 1. The molecule has 0 saturated heterocycles. The first-order chi connectivity index (χ1) is 8.32. The third-order valence-corrected chi connectivity index (χ3v) is 4.45. The summed E-state index contributed by atoms with van der Waals surface area (Å²) < 4.78 is 0. The second-order valence-electron chi connectivity index (χ2n) is 5.56. The topological polar surface area (TPSA) is 46.0 Å². The summed E-state index contributed by atoms with van der Waals surface area (Å²) in [6.07, 6.45) is 13.6. The van der Waals surface area contributed by atoms with Gasteiger partial charge in [-0.25, -0.2) is 9.97 Å². The van der Waals surface area contributed by atoms with E-state index in [4.69, 9.17) is 0 Å². The number of aromatic nitrogens is 2. The van der Waals surface area contributed by atoms with Gasteiger partial charge in [-0.2, -0.15) is 0 Å². The standard InChI is InChI=1S/C14H20N2O/c17-14(12-6-7-12,11-4-2-1-3-5-11)13-8-15-10-16-9-13/h8-12,17H,1-7H2. The van der Waals surface area contributed by atoms with Crippen molar-refractivity contribution in [2.24, 2.45) is 11.8 Å². The lowest BCUT2D eigenvalue weighted by Crippen LogP contribution is -2.38. The smallest absolute Gasteiger partial charge is 0.115 e. The van der Waals surface area contributed by atoms with Crippen LogP contribution in [0.4, 0.5) is 0 Å². The summed E-state index contributed by atoms with van der Waals surface area (Å²) in [5.74, 6) is 0.853. The average molecular weight is 232 g/mol. The fraction of sp³-hybridized carbons (Fsp3) is 0.714. The van der Waals surface area contributed by atoms with Gasteiger partial charge in [0.05, 0.1) is 5.60 Å². The maximum absolute atomic E-state index is 11.2. The molecule has 1 unspecified atom stereocenters. The molecule has 2 aliphatic rings. The highest BCUT2D eigenvalue weighted by Gasteiger charge is 2.50. The summed E-state index contributed by atoms with van der Waals surface area (Å²) in [5.41, 5.74) is 0.288. The molecular formula is C14H20N2O. The molecule has 0 aromatic carbocycles. The van der Waals surface area contributed by atoms with E-state index in [1.54, 1.807) is 12.4 Å². The van der Waals surface area contributed by atoms with Crippen LogP contribution in [-0.2, 0) is 5.60 Å². The van der Waals surface area contributed by atoms with E-state index in [9.17, 15) is 5.11 Å². The summed E-state index contributed by atoms with van der Waals surface area (Å²) in [6.45, 7) is 0. The van der Waals surface area contributed by atoms with Crippen molar-refractivity contribution in [3.8, 4) is 0 Å². The molecule has 1 N–H and O–H groups in total. The molecule has 2 aliphatic carbocycles. The minimum absolute atomic E-state index is 0.412. The molecule has 0 bridgehead atoms. The molecule has 1 aromatic heterocycles. The van der Waals surface area contributed by atoms with E-state index in [1.807, 2.05) is 0 Å². The van der Waals surface area contributed by atoms with Crippen LogP contribution in [-0.4, -0.2) is 15.1 Å². The van der Waals surface area contributed by atoms with Gasteiger partial charge in [0.15, 0.2) is 0 Å². The normalized spacial score (nSPS) is 25.5. The molecule has 1 atom stereocenters. The molecule has 0 spiro atoms. The van der Waals surface area contributed by atoms with Crippen LogP contribution in [0.5, 0.6) is 0 Å². The van der Waals surface area contributed by atoms with Crippen LogP contribution in [0, 0.1) is 11.8 Å². The van der Waals surface area contributed by atoms with Crippen molar-refractivity contribution in [2.75, 3.05) is 0 Å². The third-order valence-electron chi connectivity index (χ3n) is 4.45. The van der Waals surface area contributed by atoms with E-state index >= 15 is 0 Å². The highest BCUT2D eigenvalue weighted by atomic mass is 16.3. The van der Waals surface area contributed by atoms with E-state index in [0.29, 0.717) is 11.8 Å². The highest BCUT2D eigenvalue weighted by Crippen LogP contribution is 2.53. The monoisotopic (exact) mass is 232 g/mol. The van der Waals surface area contributed by atoms with Crippen LogP contribution in [0.15, 0.2) is 18.7 Å². The first-order valence-electron chi connectivity index (χ1n) is 6.79. The molecule has 0 amide bonds. The molecule has 2 saturated carbocycles. The largest absolute Gasteiger partial charge is 0.384 e. The molecule has 2 fully saturated rings. The van der Waals surface area contributed by atoms with Gasteiger partial charge >= 0.3 is 0 Å². The van der Waals surface area contributed by atoms with Gasteiger partial charge in [-0.05, 0) is 37.5 Å². The zero-order valence-corrected chi connectivity index (χ0v) is 10.2. The van der Waals surface area contributed by atoms with Gasteiger partial charge in [0, 0.05) is 18.0 Å². The molecule has 3 nitrogen and oxygen atoms in total. The van der Waals surface area contributed by atoms with Crippen molar-refractivity contribution in [3.05, 3.63) is 24.3 Å². The lowest BCUT2D eigenvalue weighted by Gasteiger charge is -2.39. The Hall–Kier alpha value is -0.960. The number of nitrogens with zero attached hydrogens (tertiary/aromatic N) is 2. The summed E-state index contributed by atoms with van der Waals surface area (Å²) in [5, 5.41) is 11.2. The Morgan fingerprint density at radius 2 is 1.53 bits per heavy atom. The van der Waals surface area contributed by atoms with Crippen molar-refractivity contribution < 1.29 is 5.11 Å². The van der Waals surface area contributed by atoms with Crippen molar-refractivity contribution in [1.29, 1.82) is 0 Å². The van der Waals surface area contributed by atoms with Crippen LogP contribution >= 0.6 is 0 Å². The van der Waals surface area contributed by atoms with Gasteiger partial charge in [0.1, 0.15) is 6.33 Å². The lowest BCUT2D eigenvalue weighted by molar-refractivity contribution is -0.0593. The summed E-state index contributed by atoms with van der Waals surface area (Å²) in [7, 11) is 0. The van der Waals surface area contributed by atoms with Crippen LogP contribution in [0.1, 0.15) is 50.5 Å². The Kier molecular flexibility index (Phi) is 2.87. The molecule has 0 aliphatic heterocycles. The predicted octanol–water partition coefficient (Wildman–Crippen LogP) is 2.65. The minimum Gasteiger partial charge on any atom is -0.384 e. The summed E-state index contributed by atoms with van der Waals surface area (Å²) in [6, 6.07) is 0. The Bertz CT molecular complexity index is 371. The van der Waals surface area contributed by atoms with Crippen molar-refractivity contribution >= 4 is 0 Å². The number of hydrogen-bond donors (Lipinski definition) is 1. The van der Waals surface area contributed by atoms with Gasteiger partial charge < -0.3 is 5.11 Å². The van der Waals surface area contributed by atoms with Crippen LogP contribution in [0.3, 0.4) is 0 Å². The van der Waals surface area contributed by atoms with Crippen molar-refractivity contribution in [2.45, 2.75) is 50.5 Å². The molecule has 1 heterocycles. The Labute approximate surface area is 102 Å². The highest BCUT2D eigenvalue weighted by molar-refractivity contribution is 5.20. The van der Waals surface area contributed by atoms with Gasteiger partial charge in [0.2, 0.25) is 0 Å². The van der Waals surface area contributed by atoms with Crippen LogP contribution in [0.25, 0.3) is 0 Å². The Morgan fingerprint density at radius 1 is 0.941 bits per heavy atom. The SMILES string of the molecule is OC(c1cncnc1)(C1CCCCC1)C1CC1. The molecule has 92 valence electrons. The third kappa shape index (κ3) is 1.97. The molecule has 3 rings (SSSR count). The van der Waals surface area contributed by atoms with E-state index in [1.165, 1.54) is 25.6 Å². The molecular weight excluding hydrogens is 212 g/mol. The second-order valence-corrected chi connectivity index (χ2v) is 5.56. The fourth-order valence-electron chi connectivity index (χ4n) is 3.38. The van der Waals surface area contributed by atoms with Crippen LogP contribution in [0.2, 0.25) is 0 Å². The Balaban J connectivity index is 1.92. The van der Waals surface area contributed by atoms with Crippen LogP contribution < -0.4 is 0 Å². The van der Waals surface area contributed by atoms with E-state index < -0.39 is 5.60 Å². The van der Waals surface area contributed by atoms with E-state index in [-0.39, 0.29) is 0 Å². The maximum atomic E-state index is 11.2. The number of rotatable bonds is 3. The fourth-order valence-corrected chi connectivity index (χ4v) is 3.38. The van der Waals surface area contributed by atoms with Gasteiger partial charge in [-0.3, -0.25) is 0 Å². The maximum Gasteiger partial charge on any atom is 0.115 e. The average Bonchev–Trinajstić information content (AvgIpc) is 3.24. The van der Waals surface area contributed by atoms with Gasteiger partial charge in [0.25, 0.3) is 0 Å². The van der Waals surface area contributed by atoms with E-state index in [2.05, 4.69) is 9.97 Å². The first kappa shape index (κ1) is 11.1. The van der Waals surface area contributed by atoms with Crippen molar-refractivity contribution in [3.63, 3.8) is 0 Å². The molecule has 17 heavy (non-hydrogen) atoms. The zero-order chi connectivity index (χ0) is 11.7. The lowest BCUT2D eigenvalue weighted by atomic mass is 9.71. The minimum atomic E-state index is -0.651. The van der Waals surface area contributed by atoms with E-state index in [0.717, 1.165) is 31.2 Å². The van der Waals surface area contributed by atoms with Gasteiger partial charge in [-0.15, -0.1) is 0 Å². The molecule has 1 aromatic rings.